The zero-order valence-corrected chi connectivity index (χ0v) is 19.6. The number of carbonyl (C=O) groups is 1. The second-order valence-electron chi connectivity index (χ2n) is 8.32. The number of nitrogens with one attached hydrogen (secondary N) is 3. The van der Waals surface area contributed by atoms with Crippen molar-refractivity contribution in [3.8, 4) is 5.75 Å². The summed E-state index contributed by atoms with van der Waals surface area (Å²) in [5.41, 5.74) is 0.585. The highest BCUT2D eigenvalue weighted by molar-refractivity contribution is 14.0. The van der Waals surface area contributed by atoms with Gasteiger partial charge in [0.05, 0.1) is 11.5 Å². The monoisotopic (exact) mass is 500 g/mol. The van der Waals surface area contributed by atoms with Crippen molar-refractivity contribution in [2.24, 2.45) is 10.4 Å². The number of nitrogens with zero attached hydrogens (tertiary/aromatic N) is 1. The highest BCUT2D eigenvalue weighted by Gasteiger charge is 2.43. The minimum atomic E-state index is -0.521. The van der Waals surface area contributed by atoms with Gasteiger partial charge in [0, 0.05) is 32.6 Å². The smallest absolute Gasteiger partial charge is 0.227 e. The van der Waals surface area contributed by atoms with Gasteiger partial charge in [0.1, 0.15) is 11.4 Å². The molecule has 1 atom stereocenters. The van der Waals surface area contributed by atoms with Gasteiger partial charge in [-0.25, -0.2) is 0 Å². The number of benzene rings is 1. The van der Waals surface area contributed by atoms with E-state index in [2.05, 4.69) is 39.1 Å². The molecule has 1 amide bonds. The van der Waals surface area contributed by atoms with Crippen LogP contribution in [0.5, 0.6) is 5.75 Å². The Morgan fingerprint density at radius 1 is 1.29 bits per heavy atom. The van der Waals surface area contributed by atoms with E-state index in [9.17, 15) is 4.79 Å². The predicted molar refractivity (Wildman–Crippen MR) is 123 cm³/mol. The van der Waals surface area contributed by atoms with E-state index in [1.165, 1.54) is 18.4 Å². The first-order valence-corrected chi connectivity index (χ1v) is 9.86. The van der Waals surface area contributed by atoms with Crippen LogP contribution >= 0.6 is 24.0 Å². The molecule has 1 fully saturated rings. The third-order valence-corrected chi connectivity index (χ3v) is 5.79. The number of para-hydroxylation sites is 1. The van der Waals surface area contributed by atoms with E-state index in [0.29, 0.717) is 12.5 Å². The van der Waals surface area contributed by atoms with Gasteiger partial charge in [-0.3, -0.25) is 9.79 Å². The molecule has 2 aliphatic rings. The molecule has 28 heavy (non-hydrogen) atoms. The average Bonchev–Trinajstić information content (AvgIpc) is 3.11. The van der Waals surface area contributed by atoms with Crippen molar-refractivity contribution in [2.45, 2.75) is 57.6 Å². The van der Waals surface area contributed by atoms with Gasteiger partial charge < -0.3 is 20.7 Å². The summed E-state index contributed by atoms with van der Waals surface area (Å²) >= 11 is 0. The van der Waals surface area contributed by atoms with E-state index >= 15 is 0 Å². The Morgan fingerprint density at radius 2 is 1.96 bits per heavy atom. The Kier molecular flexibility index (Phi) is 7.59. The Bertz CT molecular complexity index is 714. The van der Waals surface area contributed by atoms with E-state index < -0.39 is 5.41 Å². The van der Waals surface area contributed by atoms with Crippen LogP contribution in [-0.2, 0) is 4.79 Å². The van der Waals surface area contributed by atoms with Gasteiger partial charge in [-0.1, -0.05) is 18.2 Å². The van der Waals surface area contributed by atoms with Gasteiger partial charge in [0.25, 0.3) is 0 Å². The number of hydrogen-bond donors (Lipinski definition) is 3. The average molecular weight is 500 g/mol. The van der Waals surface area contributed by atoms with Crippen LogP contribution in [0.25, 0.3) is 0 Å². The lowest BCUT2D eigenvalue weighted by Gasteiger charge is -2.40. The highest BCUT2D eigenvalue weighted by Crippen LogP contribution is 2.46. The topological polar surface area (TPSA) is 74.8 Å². The normalized spacial score (nSPS) is 20.6. The summed E-state index contributed by atoms with van der Waals surface area (Å²) in [6.45, 7) is 4.34. The molecular weight excluding hydrogens is 467 g/mol. The zero-order chi connectivity index (χ0) is 19.5. The van der Waals surface area contributed by atoms with Gasteiger partial charge in [-0.15, -0.1) is 24.0 Å². The van der Waals surface area contributed by atoms with Gasteiger partial charge in [0.2, 0.25) is 5.91 Å². The number of aliphatic imine (C=N–C) groups is 1. The first-order chi connectivity index (χ1) is 12.9. The molecule has 3 N–H and O–H groups in total. The van der Waals surface area contributed by atoms with Crippen molar-refractivity contribution < 1.29 is 9.53 Å². The van der Waals surface area contributed by atoms with Crippen LogP contribution in [-0.4, -0.2) is 38.1 Å². The van der Waals surface area contributed by atoms with Crippen molar-refractivity contribution in [2.75, 3.05) is 20.6 Å². The maximum absolute atomic E-state index is 12.0. The molecule has 0 saturated heterocycles. The lowest BCUT2D eigenvalue weighted by Crippen LogP contribution is -2.50. The molecule has 1 aliphatic carbocycles. The molecule has 1 spiro atoms. The van der Waals surface area contributed by atoms with Crippen molar-refractivity contribution in [1.82, 2.24) is 16.0 Å². The first-order valence-electron chi connectivity index (χ1n) is 9.86. The molecule has 1 aromatic carbocycles. The van der Waals surface area contributed by atoms with Crippen LogP contribution < -0.4 is 20.7 Å². The van der Waals surface area contributed by atoms with Crippen molar-refractivity contribution in [3.05, 3.63) is 29.8 Å². The minimum Gasteiger partial charge on any atom is -0.487 e. The van der Waals surface area contributed by atoms with Crippen LogP contribution in [0.2, 0.25) is 0 Å². The Labute approximate surface area is 185 Å². The molecule has 3 rings (SSSR count). The molecule has 1 aliphatic heterocycles. The fourth-order valence-electron chi connectivity index (χ4n) is 4.16. The molecule has 0 bridgehead atoms. The molecule has 1 saturated carbocycles. The van der Waals surface area contributed by atoms with Crippen molar-refractivity contribution in [1.29, 1.82) is 0 Å². The number of guanidine groups is 1. The number of ether oxygens (including phenoxy) is 1. The summed E-state index contributed by atoms with van der Waals surface area (Å²) in [6, 6.07) is 8.41. The molecule has 1 unspecified atom stereocenters. The standard InChI is InChI=1S/C21H32N4O2.HI/c1-20(2,18(26)22-3)14-24-19(23-4)25-16-13-21(11-7-8-12-21)27-17-10-6-5-9-15(16)17;/h5-6,9-10,16H,7-8,11-14H2,1-4H3,(H,22,26)(H2,23,24,25);1H. The molecule has 1 heterocycles. The van der Waals surface area contributed by atoms with Crippen LogP contribution in [0.3, 0.4) is 0 Å². The zero-order valence-electron chi connectivity index (χ0n) is 17.3. The van der Waals surface area contributed by atoms with Crippen LogP contribution in [0.4, 0.5) is 0 Å². The summed E-state index contributed by atoms with van der Waals surface area (Å²) in [5.74, 6) is 1.69. The second kappa shape index (κ2) is 9.33. The summed E-state index contributed by atoms with van der Waals surface area (Å²) in [4.78, 5) is 16.4. The van der Waals surface area contributed by atoms with Gasteiger partial charge in [-0.05, 0) is 45.6 Å². The molecule has 0 radical (unpaired) electrons. The molecule has 0 aromatic heterocycles. The first kappa shape index (κ1) is 22.8. The third kappa shape index (κ3) is 4.90. The molecule has 1 aromatic rings. The van der Waals surface area contributed by atoms with Crippen molar-refractivity contribution in [3.63, 3.8) is 0 Å². The summed E-state index contributed by atoms with van der Waals surface area (Å²) in [5, 5.41) is 9.61. The van der Waals surface area contributed by atoms with E-state index in [-0.39, 0.29) is 41.5 Å². The lowest BCUT2D eigenvalue weighted by molar-refractivity contribution is -0.128. The second-order valence-corrected chi connectivity index (χ2v) is 8.32. The maximum atomic E-state index is 12.0. The van der Waals surface area contributed by atoms with Gasteiger partial charge in [-0.2, -0.15) is 0 Å². The number of hydrogen-bond acceptors (Lipinski definition) is 3. The number of fused-ring (bicyclic) bond motifs is 1. The van der Waals surface area contributed by atoms with E-state index in [1.807, 2.05) is 19.9 Å². The Balaban J connectivity index is 0.00000280. The molecule has 6 nitrogen and oxygen atoms in total. The quantitative estimate of drug-likeness (QED) is 0.337. The summed E-state index contributed by atoms with van der Waals surface area (Å²) in [7, 11) is 3.43. The fraction of sp³-hybridized carbons (Fsp3) is 0.619. The van der Waals surface area contributed by atoms with E-state index in [0.717, 1.165) is 25.0 Å². The predicted octanol–water partition coefficient (Wildman–Crippen LogP) is 3.38. The SMILES string of the molecule is CN=C(NCC(C)(C)C(=O)NC)NC1CC2(CCCC2)Oc2ccccc21.I. The highest BCUT2D eigenvalue weighted by atomic mass is 127. The van der Waals surface area contributed by atoms with E-state index in [4.69, 9.17) is 4.74 Å². The number of carbonyl (C=O) groups excluding carboxylic acids is 1. The third-order valence-electron chi connectivity index (χ3n) is 5.79. The van der Waals surface area contributed by atoms with Crippen LogP contribution in [0, 0.1) is 5.41 Å². The van der Waals surface area contributed by atoms with Crippen LogP contribution in [0.15, 0.2) is 29.3 Å². The number of rotatable bonds is 4. The van der Waals surface area contributed by atoms with Gasteiger partial charge >= 0.3 is 0 Å². The van der Waals surface area contributed by atoms with Crippen molar-refractivity contribution >= 4 is 35.8 Å². The minimum absolute atomic E-state index is 0. The number of amides is 1. The number of halogens is 1. The summed E-state index contributed by atoms with van der Waals surface area (Å²) in [6.07, 6.45) is 5.60. The molecule has 156 valence electrons. The molecular formula is C21H33IN4O2. The van der Waals surface area contributed by atoms with Gasteiger partial charge in [0.15, 0.2) is 5.96 Å². The largest absolute Gasteiger partial charge is 0.487 e. The summed E-state index contributed by atoms with van der Waals surface area (Å²) < 4.78 is 6.43. The Hall–Kier alpha value is -1.51. The maximum Gasteiger partial charge on any atom is 0.227 e. The lowest BCUT2D eigenvalue weighted by atomic mass is 9.86. The Morgan fingerprint density at radius 3 is 2.61 bits per heavy atom. The van der Waals surface area contributed by atoms with Crippen LogP contribution in [0.1, 0.15) is 57.6 Å². The fourth-order valence-corrected chi connectivity index (χ4v) is 4.16. The van der Waals surface area contributed by atoms with E-state index in [1.54, 1.807) is 14.1 Å². The molecule has 7 heteroatoms.